The second-order valence-electron chi connectivity index (χ2n) is 8.01. The summed E-state index contributed by atoms with van der Waals surface area (Å²) in [5, 5.41) is 2.53. The highest BCUT2D eigenvalue weighted by molar-refractivity contribution is 6.13. The molecular formula is C30H33F3N4O2. The van der Waals surface area contributed by atoms with Crippen molar-refractivity contribution in [1.82, 2.24) is 10.2 Å². The topological polar surface area (TPSA) is 87.8 Å². The molecule has 3 N–H and O–H groups in total. The molecule has 1 saturated heterocycles. The number of carbonyl (C=O) groups is 2. The molecule has 1 fully saturated rings. The number of aliphatic imine (C=N–C) groups is 1. The quantitative estimate of drug-likeness (QED) is 0.406. The van der Waals surface area contributed by atoms with Gasteiger partial charge in [-0.15, -0.1) is 0 Å². The van der Waals surface area contributed by atoms with E-state index < -0.39 is 29.6 Å². The molecule has 1 unspecified atom stereocenters. The van der Waals surface area contributed by atoms with Gasteiger partial charge in [-0.25, -0.2) is 4.99 Å². The second kappa shape index (κ2) is 15.1. The number of nitrogens with one attached hydrogen (secondary N) is 1. The number of alkyl halides is 3. The number of halogens is 3. The Labute approximate surface area is 227 Å². The number of nitrogens with zero attached hydrogens (tertiary/aromatic N) is 2. The number of likely N-dealkylation sites (tertiary alicyclic amines) is 1. The number of likely N-dealkylation sites (N-methyl/N-ethyl adjacent to an activating group) is 1. The zero-order valence-corrected chi connectivity index (χ0v) is 22.2. The molecule has 0 radical (unpaired) electrons. The standard InChI is InChI=1S/C22H21F3N4O2.C6H6.C2H6/c1-2-29-19(27-17-9-4-3-5-10-17)15(13-26)12-18(21(29)31)28-20(30)14-7-6-8-16(11-14)22(23,24)25;1-2-4-6-5-3-1;1-2/h3-11,13,18H,2,12,26H2,1H3,(H,28,30);1-6H;1-2H3/b15-13-,27-19?;;. The van der Waals surface area contributed by atoms with Gasteiger partial charge in [0, 0.05) is 30.3 Å². The third-order valence-electron chi connectivity index (χ3n) is 5.46. The maximum atomic E-state index is 13.0. The molecule has 4 rings (SSSR count). The van der Waals surface area contributed by atoms with Gasteiger partial charge in [0.1, 0.15) is 11.9 Å². The summed E-state index contributed by atoms with van der Waals surface area (Å²) in [6, 6.07) is 24.1. The number of hydrogen-bond donors (Lipinski definition) is 2. The van der Waals surface area contributed by atoms with Crippen LogP contribution < -0.4 is 11.1 Å². The molecule has 1 atom stereocenters. The Kier molecular flexibility index (Phi) is 11.9. The summed E-state index contributed by atoms with van der Waals surface area (Å²) in [4.78, 5) is 31.5. The lowest BCUT2D eigenvalue weighted by molar-refractivity contribution is -0.137. The van der Waals surface area contributed by atoms with Gasteiger partial charge >= 0.3 is 6.18 Å². The van der Waals surface area contributed by atoms with Crippen molar-refractivity contribution in [2.45, 2.75) is 39.4 Å². The molecule has 9 heteroatoms. The normalized spacial score (nSPS) is 17.0. The minimum absolute atomic E-state index is 0.0716. The maximum absolute atomic E-state index is 13.0. The van der Waals surface area contributed by atoms with E-state index in [1.165, 1.54) is 17.2 Å². The van der Waals surface area contributed by atoms with Crippen LogP contribution in [0.15, 0.2) is 108 Å². The third kappa shape index (κ3) is 8.84. The number of benzene rings is 3. The summed E-state index contributed by atoms with van der Waals surface area (Å²) in [5.41, 5.74) is 5.81. The molecule has 6 nitrogen and oxygen atoms in total. The molecule has 1 aliphatic heterocycles. The van der Waals surface area contributed by atoms with Crippen LogP contribution in [0.1, 0.15) is 43.1 Å². The zero-order chi connectivity index (χ0) is 28.8. The van der Waals surface area contributed by atoms with Crippen LogP contribution in [-0.2, 0) is 11.0 Å². The smallest absolute Gasteiger partial charge is 0.404 e. The Hall–Kier alpha value is -4.40. The summed E-state index contributed by atoms with van der Waals surface area (Å²) in [5.74, 6) is -0.811. The molecule has 0 saturated carbocycles. The van der Waals surface area contributed by atoms with Crippen LogP contribution in [0.5, 0.6) is 0 Å². The average molecular weight is 539 g/mol. The number of amidine groups is 1. The van der Waals surface area contributed by atoms with E-state index in [0.29, 0.717) is 17.1 Å². The molecule has 206 valence electrons. The lowest BCUT2D eigenvalue weighted by Gasteiger charge is -2.34. The van der Waals surface area contributed by atoms with Crippen molar-refractivity contribution in [2.75, 3.05) is 6.54 Å². The molecule has 0 bridgehead atoms. The largest absolute Gasteiger partial charge is 0.416 e. The highest BCUT2D eigenvalue weighted by Gasteiger charge is 2.37. The number of rotatable bonds is 4. The molecular weight excluding hydrogens is 505 g/mol. The Morgan fingerprint density at radius 3 is 2.08 bits per heavy atom. The first-order valence-corrected chi connectivity index (χ1v) is 12.6. The van der Waals surface area contributed by atoms with Crippen LogP contribution in [0.3, 0.4) is 0 Å². The first kappa shape index (κ1) is 30.8. The Balaban J connectivity index is 0.000000578. The number of carbonyl (C=O) groups excluding carboxylic acids is 2. The van der Waals surface area contributed by atoms with E-state index in [1.807, 2.05) is 68.4 Å². The van der Waals surface area contributed by atoms with Gasteiger partial charge in [0.2, 0.25) is 0 Å². The van der Waals surface area contributed by atoms with Crippen LogP contribution in [0, 0.1) is 0 Å². The first-order valence-electron chi connectivity index (χ1n) is 12.6. The van der Waals surface area contributed by atoms with Crippen molar-refractivity contribution in [3.05, 3.63) is 114 Å². The lowest BCUT2D eigenvalue weighted by atomic mass is 9.97. The van der Waals surface area contributed by atoms with E-state index in [2.05, 4.69) is 10.3 Å². The highest BCUT2D eigenvalue weighted by atomic mass is 19.4. The van der Waals surface area contributed by atoms with E-state index in [0.717, 1.165) is 18.2 Å². The molecule has 3 aromatic rings. The number of hydrogen-bond acceptors (Lipinski definition) is 4. The first-order chi connectivity index (χ1) is 18.7. The molecule has 0 aromatic heterocycles. The number of para-hydroxylation sites is 1. The van der Waals surface area contributed by atoms with Crippen molar-refractivity contribution in [3.8, 4) is 0 Å². The number of piperidine rings is 1. The minimum atomic E-state index is -4.58. The summed E-state index contributed by atoms with van der Waals surface area (Å²) >= 11 is 0. The van der Waals surface area contributed by atoms with Crippen LogP contribution in [0.4, 0.5) is 18.9 Å². The summed E-state index contributed by atoms with van der Waals surface area (Å²) in [6.45, 7) is 6.03. The van der Waals surface area contributed by atoms with Gasteiger partial charge in [-0.3, -0.25) is 14.5 Å². The van der Waals surface area contributed by atoms with E-state index >= 15 is 0 Å². The zero-order valence-electron chi connectivity index (χ0n) is 22.2. The minimum Gasteiger partial charge on any atom is -0.404 e. The molecule has 2 amide bonds. The third-order valence-corrected chi connectivity index (χ3v) is 5.46. The molecule has 0 aliphatic carbocycles. The maximum Gasteiger partial charge on any atom is 0.416 e. The number of amides is 2. The monoisotopic (exact) mass is 538 g/mol. The van der Waals surface area contributed by atoms with Crippen molar-refractivity contribution in [2.24, 2.45) is 10.7 Å². The van der Waals surface area contributed by atoms with Gasteiger partial charge in [0.15, 0.2) is 0 Å². The van der Waals surface area contributed by atoms with Crippen molar-refractivity contribution in [1.29, 1.82) is 0 Å². The highest BCUT2D eigenvalue weighted by Crippen LogP contribution is 2.30. The van der Waals surface area contributed by atoms with Gasteiger partial charge < -0.3 is 11.1 Å². The van der Waals surface area contributed by atoms with E-state index in [1.54, 1.807) is 19.1 Å². The van der Waals surface area contributed by atoms with E-state index in [9.17, 15) is 22.8 Å². The van der Waals surface area contributed by atoms with Gasteiger partial charge in [0.25, 0.3) is 11.8 Å². The van der Waals surface area contributed by atoms with Crippen LogP contribution >= 0.6 is 0 Å². The summed E-state index contributed by atoms with van der Waals surface area (Å²) in [6.07, 6.45) is -3.18. The lowest BCUT2D eigenvalue weighted by Crippen LogP contribution is -2.55. The predicted octanol–water partition coefficient (Wildman–Crippen LogP) is 6.34. The molecule has 3 aromatic carbocycles. The SMILES string of the molecule is CC.CCN1C(=O)C(NC(=O)c2cccc(C(F)(F)F)c2)C/C(=C/N)C1=Nc1ccccc1.c1ccccc1. The van der Waals surface area contributed by atoms with Gasteiger partial charge in [0.05, 0.1) is 11.3 Å². The van der Waals surface area contributed by atoms with Gasteiger partial charge in [-0.1, -0.05) is 74.5 Å². The Morgan fingerprint density at radius 2 is 1.56 bits per heavy atom. The van der Waals surface area contributed by atoms with Gasteiger partial charge in [-0.05, 0) is 37.3 Å². The van der Waals surface area contributed by atoms with Crippen LogP contribution in [0.25, 0.3) is 0 Å². The molecule has 1 heterocycles. The fraction of sp³-hybridized carbons (Fsp3) is 0.233. The van der Waals surface area contributed by atoms with E-state index in [-0.39, 0.29) is 18.5 Å². The number of nitrogens with two attached hydrogens (primary N) is 1. The average Bonchev–Trinajstić information content (AvgIpc) is 2.97. The second-order valence-corrected chi connectivity index (χ2v) is 8.01. The fourth-order valence-corrected chi connectivity index (χ4v) is 3.65. The summed E-state index contributed by atoms with van der Waals surface area (Å²) in [7, 11) is 0. The van der Waals surface area contributed by atoms with Crippen LogP contribution in [-0.4, -0.2) is 35.1 Å². The van der Waals surface area contributed by atoms with Crippen molar-refractivity contribution >= 4 is 23.3 Å². The summed E-state index contributed by atoms with van der Waals surface area (Å²) < 4.78 is 38.8. The fourth-order valence-electron chi connectivity index (χ4n) is 3.65. The predicted molar refractivity (Wildman–Crippen MR) is 148 cm³/mol. The molecule has 1 aliphatic rings. The Bertz CT molecular complexity index is 1230. The molecule has 0 spiro atoms. The van der Waals surface area contributed by atoms with Crippen LogP contribution in [0.2, 0.25) is 0 Å². The van der Waals surface area contributed by atoms with Gasteiger partial charge in [-0.2, -0.15) is 13.2 Å². The van der Waals surface area contributed by atoms with E-state index in [4.69, 9.17) is 5.73 Å². The van der Waals surface area contributed by atoms with Crippen molar-refractivity contribution < 1.29 is 22.8 Å². The molecule has 39 heavy (non-hydrogen) atoms. The van der Waals surface area contributed by atoms with Crippen molar-refractivity contribution in [3.63, 3.8) is 0 Å². The Morgan fingerprint density at radius 1 is 1.00 bits per heavy atom.